The van der Waals surface area contributed by atoms with E-state index in [0.29, 0.717) is 30.6 Å². The SMILES string of the molecule is CCC(CC)(CN)C(=O)Nc1ccc(C(N)=O)cc1C. The fourth-order valence-electron chi connectivity index (χ4n) is 2.16. The maximum atomic E-state index is 12.4. The number of nitrogens with two attached hydrogens (primary N) is 2. The molecule has 0 aliphatic rings. The van der Waals surface area contributed by atoms with E-state index in [9.17, 15) is 9.59 Å². The molecule has 1 aromatic carbocycles. The van der Waals surface area contributed by atoms with Crippen LogP contribution in [0.5, 0.6) is 0 Å². The highest BCUT2D eigenvalue weighted by atomic mass is 16.2. The number of nitrogens with one attached hydrogen (secondary N) is 1. The molecule has 0 saturated heterocycles. The highest BCUT2D eigenvalue weighted by Crippen LogP contribution is 2.28. The second-order valence-corrected chi connectivity index (χ2v) is 5.04. The zero-order valence-corrected chi connectivity index (χ0v) is 12.3. The highest BCUT2D eigenvalue weighted by Gasteiger charge is 2.33. The van der Waals surface area contributed by atoms with Gasteiger partial charge in [-0.15, -0.1) is 0 Å². The lowest BCUT2D eigenvalue weighted by molar-refractivity contribution is -0.125. The maximum absolute atomic E-state index is 12.4. The highest BCUT2D eigenvalue weighted by molar-refractivity contribution is 5.97. The van der Waals surface area contributed by atoms with E-state index in [2.05, 4.69) is 5.32 Å². The van der Waals surface area contributed by atoms with E-state index in [4.69, 9.17) is 11.5 Å². The number of anilines is 1. The molecule has 1 aromatic rings. The van der Waals surface area contributed by atoms with Crippen LogP contribution in [0.2, 0.25) is 0 Å². The lowest BCUT2D eigenvalue weighted by atomic mass is 9.81. The number of primary amides is 1. The lowest BCUT2D eigenvalue weighted by Crippen LogP contribution is -2.41. The Labute approximate surface area is 119 Å². The fourth-order valence-corrected chi connectivity index (χ4v) is 2.16. The van der Waals surface area contributed by atoms with Crippen molar-refractivity contribution in [3.05, 3.63) is 29.3 Å². The minimum Gasteiger partial charge on any atom is -0.366 e. The number of hydrogen-bond donors (Lipinski definition) is 3. The van der Waals surface area contributed by atoms with Crippen molar-refractivity contribution in [1.29, 1.82) is 0 Å². The van der Waals surface area contributed by atoms with Crippen LogP contribution in [0, 0.1) is 12.3 Å². The molecule has 5 nitrogen and oxygen atoms in total. The first kappa shape index (κ1) is 16.2. The normalized spacial score (nSPS) is 11.2. The summed E-state index contributed by atoms with van der Waals surface area (Å²) in [4.78, 5) is 23.5. The molecule has 0 spiro atoms. The second-order valence-electron chi connectivity index (χ2n) is 5.04. The average molecular weight is 277 g/mol. The molecule has 0 heterocycles. The molecular formula is C15H23N3O2. The summed E-state index contributed by atoms with van der Waals surface area (Å²) in [7, 11) is 0. The molecule has 0 saturated carbocycles. The molecule has 0 atom stereocenters. The summed E-state index contributed by atoms with van der Waals surface area (Å²) in [5.74, 6) is -0.565. The molecule has 0 bridgehead atoms. The van der Waals surface area contributed by atoms with Gasteiger partial charge >= 0.3 is 0 Å². The van der Waals surface area contributed by atoms with Crippen LogP contribution in [-0.2, 0) is 4.79 Å². The van der Waals surface area contributed by atoms with Crippen LogP contribution in [0.1, 0.15) is 42.6 Å². The van der Waals surface area contributed by atoms with Crippen molar-refractivity contribution in [3.8, 4) is 0 Å². The van der Waals surface area contributed by atoms with Gasteiger partial charge in [-0.3, -0.25) is 9.59 Å². The molecule has 0 unspecified atom stereocenters. The van der Waals surface area contributed by atoms with Gasteiger partial charge in [0.1, 0.15) is 0 Å². The maximum Gasteiger partial charge on any atom is 0.248 e. The molecule has 2 amide bonds. The number of benzene rings is 1. The Bertz CT molecular complexity index is 500. The molecule has 0 aliphatic heterocycles. The van der Waals surface area contributed by atoms with Gasteiger partial charge in [-0.1, -0.05) is 13.8 Å². The predicted octanol–water partition coefficient (Wildman–Crippen LogP) is 1.80. The van der Waals surface area contributed by atoms with E-state index in [1.807, 2.05) is 20.8 Å². The molecule has 110 valence electrons. The number of hydrogen-bond acceptors (Lipinski definition) is 3. The van der Waals surface area contributed by atoms with E-state index in [0.717, 1.165) is 5.56 Å². The van der Waals surface area contributed by atoms with Gasteiger partial charge in [0.05, 0.1) is 5.41 Å². The third kappa shape index (κ3) is 3.17. The molecular weight excluding hydrogens is 254 g/mol. The van der Waals surface area contributed by atoms with Gasteiger partial charge < -0.3 is 16.8 Å². The summed E-state index contributed by atoms with van der Waals surface area (Å²) in [6, 6.07) is 4.97. The largest absolute Gasteiger partial charge is 0.366 e. The van der Waals surface area contributed by atoms with Crippen molar-refractivity contribution in [2.45, 2.75) is 33.6 Å². The van der Waals surface area contributed by atoms with Crippen molar-refractivity contribution in [1.82, 2.24) is 0 Å². The Balaban J connectivity index is 2.99. The summed E-state index contributed by atoms with van der Waals surface area (Å²) in [6.07, 6.45) is 1.37. The molecule has 0 aliphatic carbocycles. The van der Waals surface area contributed by atoms with Gasteiger partial charge in [0.25, 0.3) is 0 Å². The molecule has 0 radical (unpaired) electrons. The van der Waals surface area contributed by atoms with Crippen molar-refractivity contribution in [3.63, 3.8) is 0 Å². The Morgan fingerprint density at radius 1 is 1.25 bits per heavy atom. The number of carbonyl (C=O) groups is 2. The van der Waals surface area contributed by atoms with Crippen molar-refractivity contribution < 1.29 is 9.59 Å². The first-order valence-electron chi connectivity index (χ1n) is 6.82. The van der Waals surface area contributed by atoms with Crippen molar-refractivity contribution >= 4 is 17.5 Å². The predicted molar refractivity (Wildman–Crippen MR) is 80.4 cm³/mol. The van der Waals surface area contributed by atoms with E-state index >= 15 is 0 Å². The first-order chi connectivity index (χ1) is 9.40. The second kappa shape index (κ2) is 6.52. The molecule has 20 heavy (non-hydrogen) atoms. The Kier molecular flexibility index (Phi) is 5.27. The first-order valence-corrected chi connectivity index (χ1v) is 6.82. The van der Waals surface area contributed by atoms with Crippen LogP contribution in [0.3, 0.4) is 0 Å². The molecule has 0 aromatic heterocycles. The zero-order valence-electron chi connectivity index (χ0n) is 12.3. The van der Waals surface area contributed by atoms with Crippen molar-refractivity contribution in [2.24, 2.45) is 16.9 Å². The number of amides is 2. The monoisotopic (exact) mass is 277 g/mol. The summed E-state index contributed by atoms with van der Waals surface area (Å²) in [5, 5.41) is 2.90. The fraction of sp³-hybridized carbons (Fsp3) is 0.467. The van der Waals surface area contributed by atoms with Crippen LogP contribution in [0.4, 0.5) is 5.69 Å². The number of carbonyl (C=O) groups excluding carboxylic acids is 2. The van der Waals surface area contributed by atoms with Crippen LogP contribution < -0.4 is 16.8 Å². The van der Waals surface area contributed by atoms with Gasteiger partial charge in [-0.2, -0.15) is 0 Å². The van der Waals surface area contributed by atoms with Crippen LogP contribution in [0.25, 0.3) is 0 Å². The number of aryl methyl sites for hydroxylation is 1. The van der Waals surface area contributed by atoms with Gasteiger partial charge in [0, 0.05) is 17.8 Å². The van der Waals surface area contributed by atoms with Crippen molar-refractivity contribution in [2.75, 3.05) is 11.9 Å². The quantitative estimate of drug-likeness (QED) is 0.739. The molecule has 5 heteroatoms. The van der Waals surface area contributed by atoms with Gasteiger partial charge in [-0.05, 0) is 43.5 Å². The van der Waals surface area contributed by atoms with Crippen LogP contribution >= 0.6 is 0 Å². The van der Waals surface area contributed by atoms with Gasteiger partial charge in [0.15, 0.2) is 0 Å². The number of rotatable bonds is 6. The van der Waals surface area contributed by atoms with Gasteiger partial charge in [0.2, 0.25) is 11.8 Å². The summed E-state index contributed by atoms with van der Waals surface area (Å²) in [5.41, 5.74) is 12.3. The van der Waals surface area contributed by atoms with E-state index in [1.54, 1.807) is 18.2 Å². The molecule has 0 fully saturated rings. The summed E-state index contributed by atoms with van der Waals surface area (Å²) >= 11 is 0. The standard InChI is InChI=1S/C15H23N3O2/c1-4-15(5-2,9-16)14(20)18-12-7-6-11(13(17)19)8-10(12)3/h6-8H,4-5,9,16H2,1-3H3,(H2,17,19)(H,18,20). The van der Waals surface area contributed by atoms with Crippen LogP contribution in [0.15, 0.2) is 18.2 Å². The van der Waals surface area contributed by atoms with E-state index in [1.165, 1.54) is 0 Å². The third-order valence-corrected chi connectivity index (χ3v) is 3.99. The van der Waals surface area contributed by atoms with Crippen LogP contribution in [-0.4, -0.2) is 18.4 Å². The Hall–Kier alpha value is -1.88. The van der Waals surface area contributed by atoms with E-state index in [-0.39, 0.29) is 5.91 Å². The Morgan fingerprint density at radius 2 is 1.85 bits per heavy atom. The minimum atomic E-state index is -0.547. The zero-order chi connectivity index (χ0) is 15.3. The van der Waals surface area contributed by atoms with E-state index < -0.39 is 11.3 Å². The molecule has 5 N–H and O–H groups in total. The average Bonchev–Trinajstić information content (AvgIpc) is 2.43. The smallest absolute Gasteiger partial charge is 0.248 e. The lowest BCUT2D eigenvalue weighted by Gasteiger charge is -2.28. The minimum absolute atomic E-state index is 0.0834. The van der Waals surface area contributed by atoms with Gasteiger partial charge in [-0.25, -0.2) is 0 Å². The summed E-state index contributed by atoms with van der Waals surface area (Å²) in [6.45, 7) is 6.05. The third-order valence-electron chi connectivity index (χ3n) is 3.99. The topological polar surface area (TPSA) is 98.2 Å². The summed E-state index contributed by atoms with van der Waals surface area (Å²) < 4.78 is 0. The molecule has 1 rings (SSSR count). The Morgan fingerprint density at radius 3 is 2.25 bits per heavy atom.